The second kappa shape index (κ2) is 7.34. The predicted octanol–water partition coefficient (Wildman–Crippen LogP) is -0.0608. The van der Waals surface area contributed by atoms with E-state index in [9.17, 15) is 9.59 Å². The van der Waals surface area contributed by atoms with Gasteiger partial charge in [0.15, 0.2) is 0 Å². The Morgan fingerprint density at radius 2 is 1.18 bits per heavy atom. The van der Waals surface area contributed by atoms with Crippen LogP contribution in [0.4, 0.5) is 0 Å². The number of carbonyl (C=O) groups is 2. The Labute approximate surface area is 71.7 Å². The molecule has 4 nitrogen and oxygen atoms in total. The van der Waals surface area contributed by atoms with E-state index in [4.69, 9.17) is 11.5 Å². The fourth-order valence-electron chi connectivity index (χ4n) is 0.598. The van der Waals surface area contributed by atoms with Crippen LogP contribution in [-0.2, 0) is 9.59 Å². The summed E-state index contributed by atoms with van der Waals surface area (Å²) >= 11 is 0. The fraction of sp³-hybridized carbons (Fsp3) is 0.667. The molecule has 0 rings (SSSR count). The van der Waals surface area contributed by atoms with Crippen LogP contribution in [0.25, 0.3) is 0 Å². The van der Waals surface area contributed by atoms with Crippen LogP contribution >= 0.6 is 12.4 Å². The van der Waals surface area contributed by atoms with E-state index < -0.39 is 0 Å². The Bertz CT molecular complexity index is 123. The molecule has 0 spiro atoms. The van der Waals surface area contributed by atoms with Gasteiger partial charge < -0.3 is 11.5 Å². The van der Waals surface area contributed by atoms with E-state index in [1.165, 1.54) is 0 Å². The van der Waals surface area contributed by atoms with Gasteiger partial charge in [-0.15, -0.1) is 12.4 Å². The molecule has 4 N–H and O–H groups in total. The van der Waals surface area contributed by atoms with Gasteiger partial charge in [-0.2, -0.15) is 0 Å². The van der Waals surface area contributed by atoms with E-state index in [0.717, 1.165) is 0 Å². The second-order valence-electron chi connectivity index (χ2n) is 2.14. The number of primary amides is 2. The summed E-state index contributed by atoms with van der Waals surface area (Å²) in [7, 11) is 0. The van der Waals surface area contributed by atoms with Crippen LogP contribution in [0, 0.1) is 0 Å². The zero-order valence-electron chi connectivity index (χ0n) is 6.21. The summed E-state index contributed by atoms with van der Waals surface area (Å²) in [5, 5.41) is 0. The molecule has 0 aromatic rings. The van der Waals surface area contributed by atoms with E-state index in [1.54, 1.807) is 0 Å². The van der Waals surface area contributed by atoms with Gasteiger partial charge in [-0.25, -0.2) is 0 Å². The van der Waals surface area contributed by atoms with Crippen molar-refractivity contribution in [3.8, 4) is 0 Å². The Kier molecular flexibility index (Phi) is 8.58. The van der Waals surface area contributed by atoms with Crippen molar-refractivity contribution in [1.29, 1.82) is 0 Å². The third-order valence-electron chi connectivity index (χ3n) is 1.10. The molecule has 0 saturated heterocycles. The molecule has 0 aliphatic carbocycles. The first-order valence-electron chi connectivity index (χ1n) is 3.19. The van der Waals surface area contributed by atoms with Crippen molar-refractivity contribution in [3.05, 3.63) is 0 Å². The minimum Gasteiger partial charge on any atom is -0.370 e. The molecule has 5 heteroatoms. The van der Waals surface area contributed by atoms with Gasteiger partial charge in [-0.3, -0.25) is 9.59 Å². The summed E-state index contributed by atoms with van der Waals surface area (Å²) < 4.78 is 0. The van der Waals surface area contributed by atoms with Crippen LogP contribution < -0.4 is 11.5 Å². The van der Waals surface area contributed by atoms with Crippen LogP contribution in [0.3, 0.4) is 0 Å². The van der Waals surface area contributed by atoms with Gasteiger partial charge in [-0.05, 0) is 12.8 Å². The fourth-order valence-corrected chi connectivity index (χ4v) is 0.598. The third kappa shape index (κ3) is 12.4. The summed E-state index contributed by atoms with van der Waals surface area (Å²) in [6.45, 7) is 0. The monoisotopic (exact) mass is 180 g/mol. The van der Waals surface area contributed by atoms with Crippen molar-refractivity contribution < 1.29 is 9.59 Å². The average molecular weight is 181 g/mol. The van der Waals surface area contributed by atoms with Gasteiger partial charge in [0.05, 0.1) is 0 Å². The smallest absolute Gasteiger partial charge is 0.217 e. The molecule has 66 valence electrons. The molecule has 2 amide bonds. The van der Waals surface area contributed by atoms with Crippen molar-refractivity contribution >= 4 is 24.2 Å². The highest BCUT2D eigenvalue weighted by atomic mass is 35.5. The quantitative estimate of drug-likeness (QED) is 0.581. The predicted molar refractivity (Wildman–Crippen MR) is 44.1 cm³/mol. The molecule has 0 aliphatic rings. The summed E-state index contributed by atoms with van der Waals surface area (Å²) in [5.74, 6) is -0.658. The third-order valence-corrected chi connectivity index (χ3v) is 1.10. The highest BCUT2D eigenvalue weighted by molar-refractivity contribution is 5.85. The van der Waals surface area contributed by atoms with Crippen LogP contribution in [0.2, 0.25) is 0 Å². The first-order chi connectivity index (χ1) is 4.63. The lowest BCUT2D eigenvalue weighted by Crippen LogP contribution is -2.12. The van der Waals surface area contributed by atoms with Crippen molar-refractivity contribution in [2.75, 3.05) is 0 Å². The molecule has 0 saturated carbocycles. The Morgan fingerprint density at radius 1 is 0.909 bits per heavy atom. The molecule has 0 aliphatic heterocycles. The van der Waals surface area contributed by atoms with E-state index in [-0.39, 0.29) is 24.2 Å². The van der Waals surface area contributed by atoms with Gasteiger partial charge in [0, 0.05) is 12.8 Å². The van der Waals surface area contributed by atoms with E-state index in [0.29, 0.717) is 25.7 Å². The minimum atomic E-state index is -0.329. The number of nitrogens with two attached hydrogens (primary N) is 2. The zero-order valence-corrected chi connectivity index (χ0v) is 7.02. The number of amides is 2. The molecule has 0 unspecified atom stereocenters. The van der Waals surface area contributed by atoms with Gasteiger partial charge >= 0.3 is 0 Å². The van der Waals surface area contributed by atoms with Crippen LogP contribution in [0.15, 0.2) is 0 Å². The molecule has 0 fully saturated rings. The highest BCUT2D eigenvalue weighted by Gasteiger charge is 1.96. The Hall–Kier alpha value is -0.770. The molecule has 11 heavy (non-hydrogen) atoms. The largest absolute Gasteiger partial charge is 0.370 e. The first-order valence-corrected chi connectivity index (χ1v) is 3.19. The topological polar surface area (TPSA) is 86.2 Å². The number of rotatable bonds is 5. The molecule has 0 atom stereocenters. The normalized spacial score (nSPS) is 8.36. The molecule has 0 aromatic heterocycles. The number of carbonyl (C=O) groups excluding carboxylic acids is 2. The number of unbranched alkanes of at least 4 members (excludes halogenated alkanes) is 1. The van der Waals surface area contributed by atoms with E-state index in [1.807, 2.05) is 0 Å². The highest BCUT2D eigenvalue weighted by Crippen LogP contribution is 1.97. The van der Waals surface area contributed by atoms with Gasteiger partial charge in [0.1, 0.15) is 0 Å². The molecular formula is C6H13ClN2O2. The maximum atomic E-state index is 10.2. The van der Waals surface area contributed by atoms with Gasteiger partial charge in [0.2, 0.25) is 11.8 Å². The number of halogens is 1. The van der Waals surface area contributed by atoms with Crippen molar-refractivity contribution in [1.82, 2.24) is 0 Å². The number of hydrogen-bond acceptors (Lipinski definition) is 2. The lowest BCUT2D eigenvalue weighted by atomic mass is 10.2. The molecule has 0 radical (unpaired) electrons. The van der Waals surface area contributed by atoms with Crippen molar-refractivity contribution in [2.45, 2.75) is 25.7 Å². The van der Waals surface area contributed by atoms with Gasteiger partial charge in [-0.1, -0.05) is 0 Å². The second-order valence-corrected chi connectivity index (χ2v) is 2.14. The summed E-state index contributed by atoms with van der Waals surface area (Å²) in [6, 6.07) is 0. The molecule has 0 aromatic carbocycles. The van der Waals surface area contributed by atoms with Crippen LogP contribution in [-0.4, -0.2) is 11.8 Å². The minimum absolute atomic E-state index is 0. The molecular weight excluding hydrogens is 168 g/mol. The SMILES string of the molecule is Cl.NC(=O)CCCCC(N)=O. The average Bonchev–Trinajstić information content (AvgIpc) is 1.79. The maximum absolute atomic E-state index is 10.2. The summed E-state index contributed by atoms with van der Waals surface area (Å²) in [6.07, 6.45) is 1.98. The van der Waals surface area contributed by atoms with Crippen molar-refractivity contribution in [3.63, 3.8) is 0 Å². The standard InChI is InChI=1S/C6H12N2O2.ClH/c7-5(9)3-1-2-4-6(8)10;/h1-4H2,(H2,7,9)(H2,8,10);1H. The van der Waals surface area contributed by atoms with Gasteiger partial charge in [0.25, 0.3) is 0 Å². The maximum Gasteiger partial charge on any atom is 0.217 e. The summed E-state index contributed by atoms with van der Waals surface area (Å²) in [4.78, 5) is 20.3. The first kappa shape index (κ1) is 12.9. The van der Waals surface area contributed by atoms with Crippen LogP contribution in [0.1, 0.15) is 25.7 Å². The van der Waals surface area contributed by atoms with E-state index in [2.05, 4.69) is 0 Å². The lowest BCUT2D eigenvalue weighted by molar-refractivity contribution is -0.119. The zero-order chi connectivity index (χ0) is 7.98. The van der Waals surface area contributed by atoms with E-state index >= 15 is 0 Å². The van der Waals surface area contributed by atoms with Crippen LogP contribution in [0.5, 0.6) is 0 Å². The summed E-state index contributed by atoms with van der Waals surface area (Å²) in [5.41, 5.74) is 9.71. The Balaban J connectivity index is 0. The lowest BCUT2D eigenvalue weighted by Gasteiger charge is -1.93. The molecule has 0 heterocycles. The van der Waals surface area contributed by atoms with Crippen molar-refractivity contribution in [2.24, 2.45) is 11.5 Å². The number of hydrogen-bond donors (Lipinski definition) is 2. The Morgan fingerprint density at radius 3 is 1.36 bits per heavy atom. The molecule has 0 bridgehead atoms.